The van der Waals surface area contributed by atoms with Crippen molar-refractivity contribution in [2.75, 3.05) is 0 Å². The second-order valence-electron chi connectivity index (χ2n) is 4.00. The first-order chi connectivity index (χ1) is 8.22. The normalized spacial score (nSPS) is 10.9. The van der Waals surface area contributed by atoms with Crippen LogP contribution in [0.4, 0.5) is 0 Å². The molecule has 0 saturated heterocycles. The third-order valence-corrected chi connectivity index (χ3v) is 3.16. The Hall–Kier alpha value is -1.55. The van der Waals surface area contributed by atoms with Gasteiger partial charge >= 0.3 is 0 Å². The van der Waals surface area contributed by atoms with Crippen LogP contribution in [-0.4, -0.2) is 12.8 Å². The SMILES string of the molecule is Bc1ccc2oc(-c3ccc(Br)cc3)nc2c1. The number of rotatable bonds is 1. The van der Waals surface area contributed by atoms with E-state index >= 15 is 0 Å². The van der Waals surface area contributed by atoms with Gasteiger partial charge in [-0.2, -0.15) is 0 Å². The van der Waals surface area contributed by atoms with Gasteiger partial charge in [0.25, 0.3) is 0 Å². The molecule has 0 aliphatic heterocycles. The summed E-state index contributed by atoms with van der Waals surface area (Å²) in [6.07, 6.45) is 0. The van der Waals surface area contributed by atoms with E-state index in [4.69, 9.17) is 4.42 Å². The quantitative estimate of drug-likeness (QED) is 0.642. The molecule has 3 rings (SSSR count). The van der Waals surface area contributed by atoms with E-state index < -0.39 is 0 Å². The number of nitrogens with zero attached hydrogens (tertiary/aromatic N) is 1. The molecule has 0 unspecified atom stereocenters. The standard InChI is InChI=1S/C13H9BBrNO/c14-9-3-6-12-11(7-9)16-13(17-12)8-1-4-10(15)5-2-8/h1-7H,14H2. The van der Waals surface area contributed by atoms with Crippen molar-refractivity contribution in [3.8, 4) is 11.5 Å². The molecule has 0 amide bonds. The maximum absolute atomic E-state index is 5.72. The Kier molecular flexibility index (Phi) is 2.52. The second kappa shape index (κ2) is 4.04. The minimum Gasteiger partial charge on any atom is -0.436 e. The third-order valence-electron chi connectivity index (χ3n) is 2.63. The fraction of sp³-hybridized carbons (Fsp3) is 0. The highest BCUT2D eigenvalue weighted by atomic mass is 79.9. The van der Waals surface area contributed by atoms with Crippen molar-refractivity contribution in [3.05, 3.63) is 46.9 Å². The van der Waals surface area contributed by atoms with Gasteiger partial charge in [-0.1, -0.05) is 27.5 Å². The first-order valence-corrected chi connectivity index (χ1v) is 6.15. The molecule has 0 spiro atoms. The monoisotopic (exact) mass is 285 g/mol. The van der Waals surface area contributed by atoms with E-state index in [0.717, 1.165) is 21.1 Å². The fourth-order valence-corrected chi connectivity index (χ4v) is 2.02. The Balaban J connectivity index is 2.14. The zero-order valence-electron chi connectivity index (χ0n) is 9.27. The Bertz CT molecular complexity index is 675. The van der Waals surface area contributed by atoms with Crippen LogP contribution >= 0.6 is 15.9 Å². The van der Waals surface area contributed by atoms with Crippen LogP contribution in [0.5, 0.6) is 0 Å². The smallest absolute Gasteiger partial charge is 0.227 e. The lowest BCUT2D eigenvalue weighted by Crippen LogP contribution is -1.98. The molecule has 0 saturated carbocycles. The first kappa shape index (κ1) is 10.6. The van der Waals surface area contributed by atoms with Crippen LogP contribution in [0.15, 0.2) is 51.4 Å². The summed E-state index contributed by atoms with van der Waals surface area (Å²) >= 11 is 3.41. The molecule has 3 aromatic rings. The summed E-state index contributed by atoms with van der Waals surface area (Å²) in [5.41, 5.74) is 3.91. The Labute approximate surface area is 108 Å². The van der Waals surface area contributed by atoms with E-state index in [1.54, 1.807) is 0 Å². The number of halogens is 1. The summed E-state index contributed by atoms with van der Waals surface area (Å²) in [5, 5.41) is 0. The molecule has 0 bridgehead atoms. The van der Waals surface area contributed by atoms with Crippen LogP contribution in [-0.2, 0) is 0 Å². The largest absolute Gasteiger partial charge is 0.436 e. The summed E-state index contributed by atoms with van der Waals surface area (Å²) in [6, 6.07) is 14.0. The van der Waals surface area contributed by atoms with Gasteiger partial charge in [0.05, 0.1) is 0 Å². The number of hydrogen-bond donors (Lipinski definition) is 0. The molecular weight excluding hydrogens is 277 g/mol. The van der Waals surface area contributed by atoms with Gasteiger partial charge in [-0.05, 0) is 36.4 Å². The predicted octanol–water partition coefficient (Wildman–Crippen LogP) is 2.52. The number of oxazole rings is 1. The van der Waals surface area contributed by atoms with Gasteiger partial charge in [-0.3, -0.25) is 0 Å². The zero-order chi connectivity index (χ0) is 11.8. The lowest BCUT2D eigenvalue weighted by atomic mass is 9.96. The maximum Gasteiger partial charge on any atom is 0.227 e. The molecule has 0 aliphatic rings. The first-order valence-electron chi connectivity index (χ1n) is 5.35. The molecule has 1 heterocycles. The van der Waals surface area contributed by atoms with Crippen LogP contribution < -0.4 is 5.46 Å². The molecule has 0 aliphatic carbocycles. The van der Waals surface area contributed by atoms with Crippen LogP contribution in [0.25, 0.3) is 22.6 Å². The number of aromatic nitrogens is 1. The van der Waals surface area contributed by atoms with E-state index in [0.29, 0.717) is 5.89 Å². The van der Waals surface area contributed by atoms with Gasteiger partial charge in [0, 0.05) is 10.0 Å². The molecule has 2 nitrogen and oxygen atoms in total. The molecule has 1 aromatic heterocycles. The highest BCUT2D eigenvalue weighted by Crippen LogP contribution is 2.24. The van der Waals surface area contributed by atoms with Crippen molar-refractivity contribution in [1.29, 1.82) is 0 Å². The molecule has 82 valence electrons. The van der Waals surface area contributed by atoms with Gasteiger partial charge in [0.2, 0.25) is 5.89 Å². The zero-order valence-corrected chi connectivity index (χ0v) is 10.9. The Morgan fingerprint density at radius 2 is 1.82 bits per heavy atom. The maximum atomic E-state index is 5.72. The minimum atomic E-state index is 0.665. The highest BCUT2D eigenvalue weighted by molar-refractivity contribution is 9.10. The third kappa shape index (κ3) is 2.00. The van der Waals surface area contributed by atoms with E-state index in [2.05, 4.69) is 20.9 Å². The van der Waals surface area contributed by atoms with Crippen molar-refractivity contribution in [2.45, 2.75) is 0 Å². The topological polar surface area (TPSA) is 26.0 Å². The van der Waals surface area contributed by atoms with Crippen molar-refractivity contribution in [1.82, 2.24) is 4.98 Å². The van der Waals surface area contributed by atoms with Crippen LogP contribution in [0.3, 0.4) is 0 Å². The lowest BCUT2D eigenvalue weighted by Gasteiger charge is -1.94. The summed E-state index contributed by atoms with van der Waals surface area (Å²) < 4.78 is 6.77. The van der Waals surface area contributed by atoms with E-state index in [-0.39, 0.29) is 0 Å². The average Bonchev–Trinajstić information content (AvgIpc) is 2.72. The molecule has 0 N–H and O–H groups in total. The van der Waals surface area contributed by atoms with Crippen LogP contribution in [0.1, 0.15) is 0 Å². The summed E-state index contributed by atoms with van der Waals surface area (Å²) in [4.78, 5) is 4.49. The number of fused-ring (bicyclic) bond motifs is 1. The lowest BCUT2D eigenvalue weighted by molar-refractivity contribution is 0.620. The van der Waals surface area contributed by atoms with Crippen LogP contribution in [0.2, 0.25) is 0 Å². The molecule has 0 atom stereocenters. The highest BCUT2D eigenvalue weighted by Gasteiger charge is 2.07. The van der Waals surface area contributed by atoms with E-state index in [9.17, 15) is 0 Å². The minimum absolute atomic E-state index is 0.665. The van der Waals surface area contributed by atoms with Gasteiger partial charge in [-0.25, -0.2) is 4.98 Å². The van der Waals surface area contributed by atoms with Gasteiger partial charge in [0.1, 0.15) is 13.4 Å². The molecule has 4 heteroatoms. The molecular formula is C13H9BBrNO. The summed E-state index contributed by atoms with van der Waals surface area (Å²) in [7, 11) is 2.05. The summed E-state index contributed by atoms with van der Waals surface area (Å²) in [6.45, 7) is 0. The van der Waals surface area contributed by atoms with Crippen molar-refractivity contribution >= 4 is 40.3 Å². The summed E-state index contributed by atoms with van der Waals surface area (Å²) in [5.74, 6) is 0.665. The van der Waals surface area contributed by atoms with Crippen molar-refractivity contribution in [2.24, 2.45) is 0 Å². The van der Waals surface area contributed by atoms with Gasteiger partial charge in [0.15, 0.2) is 5.58 Å². The molecule has 0 fully saturated rings. The second-order valence-corrected chi connectivity index (χ2v) is 4.91. The van der Waals surface area contributed by atoms with Crippen LogP contribution in [0, 0.1) is 0 Å². The van der Waals surface area contributed by atoms with Crippen molar-refractivity contribution in [3.63, 3.8) is 0 Å². The molecule has 0 radical (unpaired) electrons. The van der Waals surface area contributed by atoms with Gasteiger partial charge < -0.3 is 4.42 Å². The average molecular weight is 286 g/mol. The molecule has 17 heavy (non-hydrogen) atoms. The fourth-order valence-electron chi connectivity index (χ4n) is 1.75. The van der Waals surface area contributed by atoms with E-state index in [1.165, 1.54) is 5.46 Å². The number of hydrogen-bond acceptors (Lipinski definition) is 2. The van der Waals surface area contributed by atoms with E-state index in [1.807, 2.05) is 50.3 Å². The molecule has 2 aromatic carbocycles. The predicted molar refractivity (Wildman–Crippen MR) is 75.3 cm³/mol. The Morgan fingerprint density at radius 1 is 1.06 bits per heavy atom. The van der Waals surface area contributed by atoms with Gasteiger partial charge in [-0.15, -0.1) is 0 Å². The Morgan fingerprint density at radius 3 is 2.59 bits per heavy atom. The van der Waals surface area contributed by atoms with Crippen molar-refractivity contribution < 1.29 is 4.42 Å². The number of benzene rings is 2.